The van der Waals surface area contributed by atoms with E-state index in [4.69, 9.17) is 20.5 Å². The van der Waals surface area contributed by atoms with Crippen LogP contribution >= 0.6 is 0 Å². The number of para-hydroxylation sites is 2. The van der Waals surface area contributed by atoms with Crippen molar-refractivity contribution in [3.63, 3.8) is 0 Å². The number of hydrogen-bond donors (Lipinski definition) is 2. The second kappa shape index (κ2) is 8.44. The molecule has 0 bridgehead atoms. The van der Waals surface area contributed by atoms with E-state index >= 15 is 0 Å². The number of anilines is 1. The third kappa shape index (κ3) is 3.63. The first kappa shape index (κ1) is 21.2. The molecule has 170 valence electrons. The van der Waals surface area contributed by atoms with Gasteiger partial charge in [0, 0.05) is 0 Å². The van der Waals surface area contributed by atoms with Crippen LogP contribution in [0.4, 0.5) is 5.69 Å². The molecule has 2 heterocycles. The van der Waals surface area contributed by atoms with E-state index in [9.17, 15) is 0 Å². The Labute approximate surface area is 207 Å². The molecule has 0 spiro atoms. The molecule has 0 saturated carbocycles. The maximum atomic E-state index is 6.23. The summed E-state index contributed by atoms with van der Waals surface area (Å²) in [5, 5.41) is 0. The average molecular weight is 561 g/mol. The summed E-state index contributed by atoms with van der Waals surface area (Å²) in [6.45, 7) is 3.02. The number of hydrogen-bond acceptors (Lipinski definition) is 5. The number of nitrogens with two attached hydrogens (primary N) is 2. The van der Waals surface area contributed by atoms with Gasteiger partial charge in [0.2, 0.25) is 0 Å². The number of benzene rings is 3. The van der Waals surface area contributed by atoms with Crippen LogP contribution in [-0.4, -0.2) is 44.3 Å². The van der Waals surface area contributed by atoms with Gasteiger partial charge in [-0.15, -0.1) is 0 Å². The summed E-state index contributed by atoms with van der Waals surface area (Å²) in [6.07, 6.45) is 6.37. The van der Waals surface area contributed by atoms with E-state index in [1.54, 1.807) is 0 Å². The molecule has 2 atom stereocenters. The van der Waals surface area contributed by atoms with Gasteiger partial charge in [0.25, 0.3) is 0 Å². The van der Waals surface area contributed by atoms with E-state index in [1.165, 1.54) is 5.56 Å². The first-order valence-electron chi connectivity index (χ1n) is 11.3. The summed E-state index contributed by atoms with van der Waals surface area (Å²) < 4.78 is 20.3. The number of rotatable bonds is 4. The van der Waals surface area contributed by atoms with Crippen molar-refractivity contribution in [1.29, 1.82) is 0 Å². The first-order chi connectivity index (χ1) is 16.6. The quantitative estimate of drug-likeness (QED) is 0.288. The molecule has 3 aliphatic rings. The summed E-state index contributed by atoms with van der Waals surface area (Å²) in [5.74, 6) is 2.50. The van der Waals surface area contributed by atoms with Gasteiger partial charge >= 0.3 is 208 Å². The molecule has 4 N–H and O–H groups in total. The van der Waals surface area contributed by atoms with Crippen molar-refractivity contribution in [2.24, 2.45) is 5.73 Å². The molecule has 7 heteroatoms. The third-order valence-corrected chi connectivity index (χ3v) is 9.41. The number of nitrogen functional groups attached to an aromatic ring is 1. The van der Waals surface area contributed by atoms with E-state index in [0.29, 0.717) is 0 Å². The second-order valence-corrected chi connectivity index (χ2v) is 11.3. The Morgan fingerprint density at radius 1 is 0.971 bits per heavy atom. The molecule has 6 rings (SSSR count). The Kier molecular flexibility index (Phi) is 5.26. The molecule has 2 aliphatic heterocycles. The molecule has 0 amide bonds. The fourth-order valence-corrected chi connectivity index (χ4v) is 7.83. The van der Waals surface area contributed by atoms with Gasteiger partial charge < -0.3 is 0 Å². The van der Waals surface area contributed by atoms with Crippen LogP contribution in [0.5, 0.6) is 17.2 Å². The van der Waals surface area contributed by atoms with Crippen LogP contribution in [0, 0.1) is 0 Å². The van der Waals surface area contributed by atoms with Crippen LogP contribution < -0.4 is 20.5 Å². The Balaban J connectivity index is 1.35. The predicted octanol–water partition coefficient (Wildman–Crippen LogP) is 3.85. The Hall–Kier alpha value is -3.37. The van der Waals surface area contributed by atoms with Crippen LogP contribution in [0.15, 0.2) is 90.7 Å². The monoisotopic (exact) mass is 560 g/mol. The maximum absolute atomic E-state index is 6.23. The molecule has 0 radical (unpaired) electrons. The van der Waals surface area contributed by atoms with Crippen LogP contribution in [0.1, 0.15) is 29.5 Å². The zero-order valence-corrected chi connectivity index (χ0v) is 21.3. The first-order valence-corrected chi connectivity index (χ1v) is 14.5. The molecular weight excluding hydrogens is 536 g/mol. The molecule has 2 unspecified atom stereocenters. The van der Waals surface area contributed by atoms with Crippen LogP contribution in [0.2, 0.25) is 0 Å². The van der Waals surface area contributed by atoms with E-state index in [1.807, 2.05) is 48.5 Å². The number of allylic oxidation sites excluding steroid dienone is 1. The average Bonchev–Trinajstić information content (AvgIpc) is 3.26. The predicted molar refractivity (Wildman–Crippen MR) is 133 cm³/mol. The van der Waals surface area contributed by atoms with Crippen molar-refractivity contribution in [2.75, 3.05) is 12.3 Å². The van der Waals surface area contributed by atoms with Crippen LogP contribution in [0.3, 0.4) is 0 Å². The van der Waals surface area contributed by atoms with E-state index in [2.05, 4.69) is 47.9 Å². The van der Waals surface area contributed by atoms with Gasteiger partial charge in [-0.25, -0.2) is 0 Å². The van der Waals surface area contributed by atoms with E-state index in [0.717, 1.165) is 52.0 Å². The summed E-state index contributed by atoms with van der Waals surface area (Å²) >= 11 is -2.80. The molecule has 3 aromatic rings. The molecule has 3 aromatic carbocycles. The normalized spacial score (nSPS) is 20.6. The van der Waals surface area contributed by atoms with E-state index < -0.39 is 21.5 Å². The molecule has 6 nitrogen and oxygen atoms in total. The van der Waals surface area contributed by atoms with Crippen molar-refractivity contribution in [3.05, 3.63) is 107 Å². The number of nitrogens with zero attached hydrogens (tertiary/aromatic N) is 1. The summed E-state index contributed by atoms with van der Waals surface area (Å²) in [5.41, 5.74) is 18.7. The molecular formula is C27H25N3O3Sb+. The minimum absolute atomic E-state index is 0.158. The van der Waals surface area contributed by atoms with Gasteiger partial charge in [0.1, 0.15) is 0 Å². The van der Waals surface area contributed by atoms with Gasteiger partial charge in [-0.2, -0.15) is 0 Å². The Morgan fingerprint density at radius 3 is 2.41 bits per heavy atom. The minimum atomic E-state index is -2.80. The van der Waals surface area contributed by atoms with E-state index in [-0.39, 0.29) is 12.0 Å². The molecule has 1 aliphatic carbocycles. The Bertz CT molecular complexity index is 1340. The summed E-state index contributed by atoms with van der Waals surface area (Å²) in [7, 11) is 0. The van der Waals surface area contributed by atoms with Crippen LogP contribution in [-0.2, 0) is 0 Å². The molecule has 0 fully saturated rings. The van der Waals surface area contributed by atoms with Crippen molar-refractivity contribution >= 4 is 32.9 Å². The zero-order valence-electron chi connectivity index (χ0n) is 18.7. The summed E-state index contributed by atoms with van der Waals surface area (Å²) in [4.78, 5) is 0. The van der Waals surface area contributed by atoms with Gasteiger partial charge in [0.05, 0.1) is 0 Å². The molecule has 0 aromatic heterocycles. The SMILES string of the molecule is CC[N+]1=C(c2ccc([O][Sb]3[O]c4ccccc4[O]3)cc2)c2cc(N)ccc2C2C=CC(N)=CC21. The van der Waals surface area contributed by atoms with Gasteiger partial charge in [-0.3, -0.25) is 0 Å². The van der Waals surface area contributed by atoms with Crippen molar-refractivity contribution in [1.82, 2.24) is 0 Å². The van der Waals surface area contributed by atoms with Gasteiger partial charge in [-0.1, -0.05) is 0 Å². The Morgan fingerprint density at radius 2 is 1.71 bits per heavy atom. The fourth-order valence-electron chi connectivity index (χ4n) is 4.90. The fraction of sp³-hybridized carbons (Fsp3) is 0.148. The number of likely N-dealkylation sites (N-methyl/N-ethyl adjacent to an activating group) is 1. The van der Waals surface area contributed by atoms with Crippen LogP contribution in [0.25, 0.3) is 0 Å². The van der Waals surface area contributed by atoms with Crippen molar-refractivity contribution < 1.29 is 13.6 Å². The standard InChI is InChI=1S/C21H21N3O.C6H6O2.Sb/c1-2-24-20-12-15(23)6-10-18(20)17-9-5-14(22)11-19(17)21(24)13-3-7-16(25)8-4-13;7-5-3-1-2-4-6(5)8;/h3-12,18,20H,2,22-23H2,1H3;1-4,7-8H;/q;;+3/p-2. The third-order valence-electron chi connectivity index (χ3n) is 6.41. The number of fused-ring (bicyclic) bond motifs is 4. The van der Waals surface area contributed by atoms with Gasteiger partial charge in [0.15, 0.2) is 0 Å². The molecule has 0 saturated heterocycles. The van der Waals surface area contributed by atoms with Crippen molar-refractivity contribution in [2.45, 2.75) is 18.9 Å². The van der Waals surface area contributed by atoms with Gasteiger partial charge in [-0.05, 0) is 0 Å². The topological polar surface area (TPSA) is 82.7 Å². The second-order valence-electron chi connectivity index (χ2n) is 8.49. The summed E-state index contributed by atoms with van der Waals surface area (Å²) in [6, 6.07) is 22.2. The van der Waals surface area contributed by atoms with Crippen molar-refractivity contribution in [3.8, 4) is 17.2 Å². The zero-order chi connectivity index (χ0) is 23.2. The molecule has 34 heavy (non-hydrogen) atoms.